The Morgan fingerprint density at radius 2 is 1.07 bits per heavy atom. The van der Waals surface area contributed by atoms with Gasteiger partial charge in [0.15, 0.2) is 0 Å². The number of unbranched alkanes of at least 4 members (excludes halogenated alkanes) is 13. The van der Waals surface area contributed by atoms with Crippen molar-refractivity contribution in [2.75, 3.05) is 0 Å². The minimum atomic E-state index is -3.20. The molecule has 0 rings (SSSR count). The Bertz CT molecular complexity index is 377. The van der Waals surface area contributed by atoms with Gasteiger partial charge in [-0.3, -0.25) is 9.13 Å². The van der Waals surface area contributed by atoms with Gasteiger partial charge >= 0.3 is 105 Å². The van der Waals surface area contributed by atoms with Crippen LogP contribution in [0.4, 0.5) is 0 Å². The van der Waals surface area contributed by atoms with Crippen molar-refractivity contribution in [3.8, 4) is 0 Å². The molecule has 11 heteroatoms. The van der Waals surface area contributed by atoms with Gasteiger partial charge in [-0.25, -0.2) is 4.31 Å². The van der Waals surface area contributed by atoms with Crippen LogP contribution in [0, 0.1) is 0 Å². The first-order valence-electron chi connectivity index (χ1n) is 10.4. The molecule has 0 aliphatic rings. The molecule has 0 aromatic rings. The van der Waals surface area contributed by atoms with Gasteiger partial charge in [0.1, 0.15) is 0 Å². The van der Waals surface area contributed by atoms with Crippen molar-refractivity contribution in [2.45, 2.75) is 110 Å². The van der Waals surface area contributed by atoms with Gasteiger partial charge in [-0.15, -0.1) is 0 Å². The monoisotopic (exact) mass is 500 g/mol. The number of allylic oxidation sites excluding steroid dienone is 1. The zero-order valence-electron chi connectivity index (χ0n) is 17.2. The molecular formula is C19H45Na3O6P2. The number of rotatable bonds is 17. The molecule has 0 amide bonds. The van der Waals surface area contributed by atoms with Crippen molar-refractivity contribution < 1.29 is 28.3 Å². The molecule has 0 aromatic carbocycles. The van der Waals surface area contributed by atoms with E-state index in [4.69, 9.17) is 14.9 Å². The van der Waals surface area contributed by atoms with Crippen molar-refractivity contribution in [1.29, 1.82) is 0 Å². The van der Waals surface area contributed by atoms with Gasteiger partial charge in [0, 0.05) is 0 Å². The Morgan fingerprint density at radius 3 is 1.33 bits per heavy atom. The molecule has 30 heavy (non-hydrogen) atoms. The normalized spacial score (nSPS) is 13.1. The van der Waals surface area contributed by atoms with Crippen molar-refractivity contribution in [1.82, 2.24) is 0 Å². The summed E-state index contributed by atoms with van der Waals surface area (Å²) in [5, 5.41) is 9.07. The zero-order chi connectivity index (χ0) is 20.8. The van der Waals surface area contributed by atoms with Crippen LogP contribution in [-0.2, 0) is 13.4 Å². The van der Waals surface area contributed by atoms with Gasteiger partial charge in [0.05, 0.1) is 6.10 Å². The van der Waals surface area contributed by atoms with Gasteiger partial charge < -0.3 is 14.9 Å². The number of aliphatic hydroxyl groups excluding tert-OH is 1. The number of hydrogen-bond acceptors (Lipinski definition) is 4. The molecule has 0 aliphatic heterocycles. The first kappa shape index (κ1) is 43.1. The van der Waals surface area contributed by atoms with Crippen molar-refractivity contribution in [3.05, 3.63) is 12.2 Å². The molecule has 0 saturated carbocycles. The van der Waals surface area contributed by atoms with Gasteiger partial charge in [-0.05, 0) is 19.8 Å². The quantitative estimate of drug-likeness (QED) is 0.120. The summed E-state index contributed by atoms with van der Waals surface area (Å²) in [5.74, 6) is 0. The van der Waals surface area contributed by atoms with E-state index in [0.717, 1.165) is 6.42 Å². The molecule has 0 aliphatic carbocycles. The van der Waals surface area contributed by atoms with Crippen molar-refractivity contribution >= 4 is 105 Å². The molecule has 0 bridgehead atoms. The SMILES string of the molecule is CCCCCCCCCCCCCCCC=CC(C)O.O=[PH](O)O[PH](=O)O.[NaH].[NaH].[NaH]. The predicted octanol–water partition coefficient (Wildman–Crippen LogP) is 4.23. The fourth-order valence-corrected chi connectivity index (χ4v) is 3.25. The predicted molar refractivity (Wildman–Crippen MR) is 136 cm³/mol. The summed E-state index contributed by atoms with van der Waals surface area (Å²) in [5.41, 5.74) is 0. The summed E-state index contributed by atoms with van der Waals surface area (Å²) >= 11 is 0. The molecule has 170 valence electrons. The third-order valence-electron chi connectivity index (χ3n) is 4.06. The molecule has 0 saturated heterocycles. The van der Waals surface area contributed by atoms with Crippen LogP contribution < -0.4 is 0 Å². The third-order valence-corrected chi connectivity index (χ3v) is 5.46. The molecule has 0 radical (unpaired) electrons. The summed E-state index contributed by atoms with van der Waals surface area (Å²) in [6.07, 6.45) is 23.2. The summed E-state index contributed by atoms with van der Waals surface area (Å²) in [7, 11) is -6.40. The Hall–Kier alpha value is 3.04. The van der Waals surface area contributed by atoms with Crippen LogP contribution in [0.3, 0.4) is 0 Å². The van der Waals surface area contributed by atoms with Crippen LogP contribution in [-0.4, -0.2) is 110 Å². The molecule has 6 nitrogen and oxygen atoms in total. The van der Waals surface area contributed by atoms with Crippen LogP contribution in [0.15, 0.2) is 12.2 Å². The minimum absolute atomic E-state index is 0. The Kier molecular flexibility index (Phi) is 52.6. The van der Waals surface area contributed by atoms with Gasteiger partial charge in [-0.1, -0.05) is 96.1 Å². The fraction of sp³-hybridized carbons (Fsp3) is 0.895. The van der Waals surface area contributed by atoms with Gasteiger partial charge in [0.2, 0.25) is 0 Å². The summed E-state index contributed by atoms with van der Waals surface area (Å²) in [6, 6.07) is 0. The van der Waals surface area contributed by atoms with E-state index in [1.165, 1.54) is 83.5 Å². The average molecular weight is 500 g/mol. The second-order valence-electron chi connectivity index (χ2n) is 6.83. The Labute approximate surface area is 252 Å². The van der Waals surface area contributed by atoms with E-state index in [9.17, 15) is 9.13 Å². The van der Waals surface area contributed by atoms with Crippen LogP contribution in [0.1, 0.15) is 104 Å². The van der Waals surface area contributed by atoms with Crippen LogP contribution in [0.2, 0.25) is 0 Å². The number of hydrogen-bond donors (Lipinski definition) is 3. The van der Waals surface area contributed by atoms with Crippen LogP contribution in [0.25, 0.3) is 0 Å². The maximum absolute atomic E-state index is 9.44. The van der Waals surface area contributed by atoms with E-state index in [-0.39, 0.29) is 94.8 Å². The molecule has 3 atom stereocenters. The number of aliphatic hydroxyl groups is 1. The first-order valence-corrected chi connectivity index (χ1v) is 12.9. The van der Waals surface area contributed by atoms with E-state index in [1.54, 1.807) is 6.92 Å². The maximum atomic E-state index is 9.44. The Balaban J connectivity index is -0.000000180. The van der Waals surface area contributed by atoms with Crippen molar-refractivity contribution in [3.63, 3.8) is 0 Å². The van der Waals surface area contributed by atoms with E-state index in [1.807, 2.05) is 6.08 Å². The Morgan fingerprint density at radius 1 is 0.733 bits per heavy atom. The topological polar surface area (TPSA) is 104 Å². The first-order chi connectivity index (χ1) is 12.9. The summed E-state index contributed by atoms with van der Waals surface area (Å²) in [4.78, 5) is 15.4. The molecule has 3 unspecified atom stereocenters. The van der Waals surface area contributed by atoms with Crippen molar-refractivity contribution in [2.24, 2.45) is 0 Å². The van der Waals surface area contributed by atoms with E-state index in [0.29, 0.717) is 0 Å². The van der Waals surface area contributed by atoms with Crippen LogP contribution in [0.5, 0.6) is 0 Å². The summed E-state index contributed by atoms with van der Waals surface area (Å²) in [6.45, 7) is 4.09. The zero-order valence-corrected chi connectivity index (χ0v) is 19.2. The third kappa shape index (κ3) is 48.5. The van der Waals surface area contributed by atoms with E-state index in [2.05, 4.69) is 17.3 Å². The van der Waals surface area contributed by atoms with E-state index < -0.39 is 16.5 Å². The van der Waals surface area contributed by atoms with E-state index >= 15 is 0 Å². The molecule has 0 fully saturated rings. The molecule has 0 heterocycles. The van der Waals surface area contributed by atoms with Crippen LogP contribution >= 0.6 is 16.5 Å². The van der Waals surface area contributed by atoms with Gasteiger partial charge in [0.25, 0.3) is 0 Å². The standard InChI is InChI=1S/C19H38O.3Na.H4O5P2.3H/c1-3-4-5-6-7-8-9-10-11-12-13-14-15-16-17-18-19(2)20;;;;1-6(2)5-7(3)4;;;/h17-20H,3-16H2,1-2H3;;;;6-7H,(H,1,2)(H,3,4);;;. The second-order valence-corrected chi connectivity index (χ2v) is 8.71. The molecule has 0 spiro atoms. The van der Waals surface area contributed by atoms with Gasteiger partial charge in [-0.2, -0.15) is 0 Å². The second kappa shape index (κ2) is 36.6. The summed E-state index contributed by atoms with van der Waals surface area (Å²) < 4.78 is 22.3. The average Bonchev–Trinajstić information content (AvgIpc) is 2.57. The molecule has 0 aromatic heterocycles. The molecule has 3 N–H and O–H groups in total. The molecular weight excluding hydrogens is 455 g/mol. The fourth-order valence-electron chi connectivity index (χ4n) is 2.65.